The van der Waals surface area contributed by atoms with Crippen LogP contribution in [-0.2, 0) is 6.42 Å². The van der Waals surface area contributed by atoms with Crippen LogP contribution in [0.4, 0.5) is 0 Å². The number of hydrogen-bond donors (Lipinski definition) is 0. The van der Waals surface area contributed by atoms with Gasteiger partial charge in [0.1, 0.15) is 0 Å². The molecule has 0 aromatic heterocycles. The van der Waals surface area contributed by atoms with E-state index < -0.39 is 0 Å². The molecule has 0 fully saturated rings. The molecule has 3 nitrogen and oxygen atoms in total. The smallest absolute Gasteiger partial charge is 0.161 e. The van der Waals surface area contributed by atoms with Crippen molar-refractivity contribution in [3.05, 3.63) is 59.2 Å². The van der Waals surface area contributed by atoms with Crippen LogP contribution in [0.1, 0.15) is 29.0 Å². The minimum absolute atomic E-state index is 0.396. The molecule has 1 aliphatic rings. The summed E-state index contributed by atoms with van der Waals surface area (Å²) in [6.07, 6.45) is 2.17. The Balaban J connectivity index is 2.11. The largest absolute Gasteiger partial charge is 0.493 e. The zero-order valence-electron chi connectivity index (χ0n) is 14.4. The number of ether oxygens (including phenoxy) is 2. The van der Waals surface area contributed by atoms with E-state index in [4.69, 9.17) is 9.47 Å². The van der Waals surface area contributed by atoms with E-state index in [1.165, 1.54) is 16.7 Å². The van der Waals surface area contributed by atoms with Gasteiger partial charge in [-0.05, 0) is 55.8 Å². The Bertz CT molecular complexity index is 667. The molecule has 0 radical (unpaired) electrons. The zero-order valence-corrected chi connectivity index (χ0v) is 14.4. The lowest BCUT2D eigenvalue weighted by atomic mass is 9.76. The van der Waals surface area contributed by atoms with Gasteiger partial charge < -0.3 is 14.4 Å². The summed E-state index contributed by atoms with van der Waals surface area (Å²) in [5.74, 6) is 2.03. The molecule has 0 bridgehead atoms. The summed E-state index contributed by atoms with van der Waals surface area (Å²) >= 11 is 0. The summed E-state index contributed by atoms with van der Waals surface area (Å²) in [4.78, 5) is 2.33. The maximum Gasteiger partial charge on any atom is 0.161 e. The van der Waals surface area contributed by atoms with Gasteiger partial charge in [-0.1, -0.05) is 30.3 Å². The van der Waals surface area contributed by atoms with Crippen LogP contribution in [0.25, 0.3) is 0 Å². The second-order valence-corrected chi connectivity index (χ2v) is 6.43. The average Bonchev–Trinajstić information content (AvgIpc) is 2.60. The number of methoxy groups -OCH3 is 2. The fourth-order valence-electron chi connectivity index (χ4n) is 3.57. The van der Waals surface area contributed by atoms with Crippen molar-refractivity contribution < 1.29 is 9.47 Å². The predicted molar refractivity (Wildman–Crippen MR) is 93.6 cm³/mol. The highest BCUT2D eigenvalue weighted by Gasteiger charge is 2.30. The third kappa shape index (κ3) is 3.06. The van der Waals surface area contributed by atoms with Crippen molar-refractivity contribution in [3.8, 4) is 11.5 Å². The number of rotatable bonds is 4. The molecular formula is C20H25NO2. The maximum atomic E-state index is 5.53. The SMILES string of the molecule is COc1cc2c(cc1OC)[C@H](c1ccccc1)C[C@H](N(C)C)C2. The lowest BCUT2D eigenvalue weighted by Crippen LogP contribution is -2.35. The van der Waals surface area contributed by atoms with E-state index in [0.717, 1.165) is 24.3 Å². The molecule has 0 N–H and O–H groups in total. The molecule has 0 saturated carbocycles. The molecule has 1 aliphatic carbocycles. The number of hydrogen-bond acceptors (Lipinski definition) is 3. The number of fused-ring (bicyclic) bond motifs is 1. The van der Waals surface area contributed by atoms with Crippen LogP contribution in [0.5, 0.6) is 11.5 Å². The Hall–Kier alpha value is -2.00. The van der Waals surface area contributed by atoms with Gasteiger partial charge in [-0.2, -0.15) is 0 Å². The van der Waals surface area contributed by atoms with E-state index in [2.05, 4.69) is 61.5 Å². The Labute approximate surface area is 138 Å². The molecule has 23 heavy (non-hydrogen) atoms. The van der Waals surface area contributed by atoms with Crippen molar-refractivity contribution >= 4 is 0 Å². The molecular weight excluding hydrogens is 286 g/mol. The van der Waals surface area contributed by atoms with Gasteiger partial charge in [0.05, 0.1) is 14.2 Å². The molecule has 2 atom stereocenters. The quantitative estimate of drug-likeness (QED) is 0.859. The Morgan fingerprint density at radius 1 is 0.957 bits per heavy atom. The monoisotopic (exact) mass is 311 g/mol. The van der Waals surface area contributed by atoms with Crippen LogP contribution >= 0.6 is 0 Å². The van der Waals surface area contributed by atoms with Gasteiger partial charge >= 0.3 is 0 Å². The Morgan fingerprint density at radius 3 is 2.22 bits per heavy atom. The van der Waals surface area contributed by atoms with E-state index in [1.807, 2.05) is 0 Å². The first-order valence-electron chi connectivity index (χ1n) is 8.10. The summed E-state index contributed by atoms with van der Waals surface area (Å²) in [6.45, 7) is 0. The number of benzene rings is 2. The van der Waals surface area contributed by atoms with Gasteiger partial charge in [-0.15, -0.1) is 0 Å². The summed E-state index contributed by atoms with van der Waals surface area (Å²) < 4.78 is 11.0. The van der Waals surface area contributed by atoms with Crippen molar-refractivity contribution in [3.63, 3.8) is 0 Å². The van der Waals surface area contributed by atoms with E-state index in [1.54, 1.807) is 14.2 Å². The third-order valence-corrected chi connectivity index (χ3v) is 4.92. The first-order chi connectivity index (χ1) is 11.1. The second kappa shape index (κ2) is 6.63. The first kappa shape index (κ1) is 15.9. The van der Waals surface area contributed by atoms with E-state index >= 15 is 0 Å². The van der Waals surface area contributed by atoms with Crippen LogP contribution < -0.4 is 9.47 Å². The van der Waals surface area contributed by atoms with Gasteiger partial charge in [0.15, 0.2) is 11.5 Å². The highest BCUT2D eigenvalue weighted by atomic mass is 16.5. The topological polar surface area (TPSA) is 21.7 Å². The Morgan fingerprint density at radius 2 is 1.61 bits per heavy atom. The summed E-state index contributed by atoms with van der Waals surface area (Å²) in [7, 11) is 7.73. The van der Waals surface area contributed by atoms with Crippen LogP contribution in [0, 0.1) is 0 Å². The van der Waals surface area contributed by atoms with Crippen molar-refractivity contribution in [1.29, 1.82) is 0 Å². The van der Waals surface area contributed by atoms with Gasteiger partial charge in [0.2, 0.25) is 0 Å². The van der Waals surface area contributed by atoms with Crippen LogP contribution in [-0.4, -0.2) is 39.3 Å². The average molecular weight is 311 g/mol. The van der Waals surface area contributed by atoms with Crippen molar-refractivity contribution in [2.75, 3.05) is 28.3 Å². The normalized spacial score (nSPS) is 20.2. The summed E-state index contributed by atoms with van der Waals surface area (Å²) in [5, 5.41) is 0. The lowest BCUT2D eigenvalue weighted by Gasteiger charge is -2.36. The minimum Gasteiger partial charge on any atom is -0.493 e. The van der Waals surface area contributed by atoms with Gasteiger partial charge in [-0.3, -0.25) is 0 Å². The molecule has 0 aliphatic heterocycles. The van der Waals surface area contributed by atoms with E-state index in [-0.39, 0.29) is 0 Å². The molecule has 2 aromatic rings. The second-order valence-electron chi connectivity index (χ2n) is 6.43. The lowest BCUT2D eigenvalue weighted by molar-refractivity contribution is 0.257. The minimum atomic E-state index is 0.396. The van der Waals surface area contributed by atoms with E-state index in [9.17, 15) is 0 Å². The van der Waals surface area contributed by atoms with Crippen molar-refractivity contribution in [2.24, 2.45) is 0 Å². The van der Waals surface area contributed by atoms with Crippen molar-refractivity contribution in [2.45, 2.75) is 24.8 Å². The molecule has 0 saturated heterocycles. The van der Waals surface area contributed by atoms with Crippen LogP contribution in [0.2, 0.25) is 0 Å². The van der Waals surface area contributed by atoms with Crippen LogP contribution in [0.15, 0.2) is 42.5 Å². The fraction of sp³-hybridized carbons (Fsp3) is 0.400. The predicted octanol–water partition coefficient (Wildman–Crippen LogP) is 3.71. The Kier molecular flexibility index (Phi) is 4.58. The highest BCUT2D eigenvalue weighted by molar-refractivity contribution is 5.52. The molecule has 0 spiro atoms. The summed E-state index contributed by atoms with van der Waals surface area (Å²) in [6, 6.07) is 15.6. The molecule has 0 heterocycles. The zero-order chi connectivity index (χ0) is 16.4. The van der Waals surface area contributed by atoms with Gasteiger partial charge in [0.25, 0.3) is 0 Å². The molecule has 122 valence electrons. The number of likely N-dealkylation sites (N-methyl/N-ethyl adjacent to an activating group) is 1. The highest BCUT2D eigenvalue weighted by Crippen LogP contribution is 2.42. The summed E-state index contributed by atoms with van der Waals surface area (Å²) in [5.41, 5.74) is 4.10. The maximum absolute atomic E-state index is 5.53. The third-order valence-electron chi connectivity index (χ3n) is 4.92. The molecule has 3 rings (SSSR count). The number of nitrogens with zero attached hydrogens (tertiary/aromatic N) is 1. The van der Waals surface area contributed by atoms with Crippen molar-refractivity contribution in [1.82, 2.24) is 4.90 Å². The van der Waals surface area contributed by atoms with E-state index in [0.29, 0.717) is 12.0 Å². The molecule has 2 aromatic carbocycles. The van der Waals surface area contributed by atoms with Crippen LogP contribution in [0.3, 0.4) is 0 Å². The molecule has 3 heteroatoms. The standard InChI is InChI=1S/C20H25NO2/c1-21(2)16-10-15-11-19(22-3)20(23-4)13-18(15)17(12-16)14-8-6-5-7-9-14/h5-9,11,13,16-17H,10,12H2,1-4H3/t16-,17+/m1/s1. The first-order valence-corrected chi connectivity index (χ1v) is 8.10. The molecule has 0 unspecified atom stereocenters. The van der Waals surface area contributed by atoms with Gasteiger partial charge in [0, 0.05) is 12.0 Å². The molecule has 0 amide bonds. The fourth-order valence-corrected chi connectivity index (χ4v) is 3.57. The van der Waals surface area contributed by atoms with Gasteiger partial charge in [-0.25, -0.2) is 0 Å².